The number of rotatable bonds is 1. The molecule has 2 fully saturated rings. The quantitative estimate of drug-likeness (QED) is 0.673. The van der Waals surface area contributed by atoms with Crippen LogP contribution in [0.15, 0.2) is 0 Å². The first-order valence-electron chi connectivity index (χ1n) is 5.59. The molecule has 14 heavy (non-hydrogen) atoms. The molecule has 0 amide bonds. The third-order valence-corrected chi connectivity index (χ3v) is 3.95. The van der Waals surface area contributed by atoms with E-state index in [1.165, 1.54) is 25.7 Å². The predicted molar refractivity (Wildman–Crippen MR) is 51.8 cm³/mol. The van der Waals surface area contributed by atoms with Crippen molar-refractivity contribution < 1.29 is 15.0 Å². The smallest absolute Gasteiger partial charge is 0.309 e. The Morgan fingerprint density at radius 3 is 2.21 bits per heavy atom. The van der Waals surface area contributed by atoms with E-state index >= 15 is 0 Å². The molecule has 0 aromatic heterocycles. The highest BCUT2D eigenvalue weighted by Gasteiger charge is 2.40. The van der Waals surface area contributed by atoms with E-state index in [2.05, 4.69) is 0 Å². The van der Waals surface area contributed by atoms with Crippen LogP contribution in [0.2, 0.25) is 0 Å². The summed E-state index contributed by atoms with van der Waals surface area (Å²) in [5.74, 6) is -0.168. The third kappa shape index (κ3) is 1.78. The van der Waals surface area contributed by atoms with Crippen molar-refractivity contribution in [2.24, 2.45) is 17.8 Å². The van der Waals surface area contributed by atoms with Crippen molar-refractivity contribution in [3.05, 3.63) is 0 Å². The van der Waals surface area contributed by atoms with E-state index in [0.717, 1.165) is 0 Å². The van der Waals surface area contributed by atoms with Gasteiger partial charge in [0.1, 0.15) is 0 Å². The molecular formula is C11H18O3. The van der Waals surface area contributed by atoms with Gasteiger partial charge in [0, 0.05) is 0 Å². The lowest BCUT2D eigenvalue weighted by Gasteiger charge is -2.40. The van der Waals surface area contributed by atoms with E-state index in [1.807, 2.05) is 0 Å². The van der Waals surface area contributed by atoms with Crippen LogP contribution in [0, 0.1) is 17.8 Å². The zero-order valence-corrected chi connectivity index (χ0v) is 8.35. The van der Waals surface area contributed by atoms with Crippen LogP contribution >= 0.6 is 0 Å². The summed E-state index contributed by atoms with van der Waals surface area (Å²) in [6.45, 7) is 0. The van der Waals surface area contributed by atoms with Crippen molar-refractivity contribution in [2.75, 3.05) is 0 Å². The van der Waals surface area contributed by atoms with E-state index in [1.54, 1.807) is 0 Å². The number of hydrogen-bond acceptors (Lipinski definition) is 2. The second-order valence-electron chi connectivity index (χ2n) is 4.79. The summed E-state index contributed by atoms with van der Waals surface area (Å²) >= 11 is 0. The Balaban J connectivity index is 2.03. The highest BCUT2D eigenvalue weighted by molar-refractivity contribution is 5.70. The van der Waals surface area contributed by atoms with Gasteiger partial charge in [-0.2, -0.15) is 0 Å². The lowest BCUT2D eigenvalue weighted by Crippen LogP contribution is -2.40. The highest BCUT2D eigenvalue weighted by atomic mass is 16.4. The minimum atomic E-state index is -0.818. The predicted octanol–water partition coefficient (Wildman–Crippen LogP) is 1.65. The second kappa shape index (κ2) is 3.89. The number of aliphatic hydroxyl groups excluding tert-OH is 1. The van der Waals surface area contributed by atoms with E-state index in [4.69, 9.17) is 5.11 Å². The number of carboxylic acids is 1. The van der Waals surface area contributed by atoms with E-state index in [-0.39, 0.29) is 0 Å². The number of aliphatic carboxylic acids is 1. The zero-order chi connectivity index (χ0) is 10.1. The fourth-order valence-electron chi connectivity index (χ4n) is 3.13. The van der Waals surface area contributed by atoms with Crippen molar-refractivity contribution in [3.8, 4) is 0 Å². The first kappa shape index (κ1) is 9.97. The first-order valence-corrected chi connectivity index (χ1v) is 5.59. The lowest BCUT2D eigenvalue weighted by molar-refractivity contribution is -0.150. The Morgan fingerprint density at radius 1 is 1.07 bits per heavy atom. The topological polar surface area (TPSA) is 57.5 Å². The molecule has 0 radical (unpaired) electrons. The number of fused-ring (bicyclic) bond motifs is 1. The monoisotopic (exact) mass is 198 g/mol. The van der Waals surface area contributed by atoms with Gasteiger partial charge in [0.15, 0.2) is 0 Å². The average Bonchev–Trinajstić information content (AvgIpc) is 2.16. The summed E-state index contributed by atoms with van der Waals surface area (Å²) in [5, 5.41) is 18.6. The second-order valence-corrected chi connectivity index (χ2v) is 4.79. The van der Waals surface area contributed by atoms with Gasteiger partial charge in [-0.15, -0.1) is 0 Å². The molecule has 0 unspecified atom stereocenters. The summed E-state index contributed by atoms with van der Waals surface area (Å²) in [6.07, 6.45) is 5.65. The van der Waals surface area contributed by atoms with Gasteiger partial charge < -0.3 is 10.2 Å². The number of hydrogen-bond donors (Lipinski definition) is 2. The van der Waals surface area contributed by atoms with Crippen molar-refractivity contribution in [1.82, 2.24) is 0 Å². The van der Waals surface area contributed by atoms with Crippen LogP contribution in [0.1, 0.15) is 38.5 Å². The van der Waals surface area contributed by atoms with Crippen molar-refractivity contribution in [1.29, 1.82) is 0 Å². The minimum absolute atomic E-state index is 0.505. The van der Waals surface area contributed by atoms with Crippen molar-refractivity contribution in [2.45, 2.75) is 44.6 Å². The summed E-state index contributed by atoms with van der Waals surface area (Å²) in [7, 11) is 0. The summed E-state index contributed by atoms with van der Waals surface area (Å²) in [4.78, 5) is 10.9. The number of carboxylic acid groups (broad SMARTS) is 1. The molecule has 0 saturated heterocycles. The Kier molecular flexibility index (Phi) is 2.77. The van der Waals surface area contributed by atoms with Crippen LogP contribution in [0.4, 0.5) is 0 Å². The molecule has 0 aromatic carbocycles. The zero-order valence-electron chi connectivity index (χ0n) is 8.35. The largest absolute Gasteiger partial charge is 0.481 e. The van der Waals surface area contributed by atoms with Crippen molar-refractivity contribution >= 4 is 5.97 Å². The Hall–Kier alpha value is -0.570. The molecule has 3 nitrogen and oxygen atoms in total. The van der Waals surface area contributed by atoms with Gasteiger partial charge in [-0.3, -0.25) is 4.79 Å². The van der Waals surface area contributed by atoms with E-state index < -0.39 is 18.0 Å². The van der Waals surface area contributed by atoms with E-state index in [0.29, 0.717) is 24.7 Å². The molecular weight excluding hydrogens is 180 g/mol. The molecule has 3 heteroatoms. The Labute approximate surface area is 84.1 Å². The molecule has 0 heterocycles. The van der Waals surface area contributed by atoms with Gasteiger partial charge in [-0.25, -0.2) is 0 Å². The lowest BCUT2D eigenvalue weighted by atomic mass is 9.66. The first-order chi connectivity index (χ1) is 6.68. The molecule has 2 saturated carbocycles. The molecule has 2 aliphatic rings. The maximum atomic E-state index is 10.9. The molecule has 2 rings (SSSR count). The SMILES string of the molecule is O=C(O)[C@@H]1C[C@H]2CCCC[C@@H]2C[C@@H]1O. The van der Waals surface area contributed by atoms with Crippen LogP contribution in [0.25, 0.3) is 0 Å². The van der Waals surface area contributed by atoms with Crippen LogP contribution in [0.5, 0.6) is 0 Å². The molecule has 80 valence electrons. The maximum absolute atomic E-state index is 10.9. The molecule has 0 spiro atoms. The Bertz CT molecular complexity index is 227. The van der Waals surface area contributed by atoms with Gasteiger partial charge in [0.2, 0.25) is 0 Å². The molecule has 4 atom stereocenters. The minimum Gasteiger partial charge on any atom is -0.481 e. The van der Waals surface area contributed by atoms with Crippen LogP contribution in [-0.4, -0.2) is 22.3 Å². The molecule has 2 N–H and O–H groups in total. The van der Waals surface area contributed by atoms with Gasteiger partial charge in [-0.05, 0) is 24.7 Å². The normalized spacial score (nSPS) is 42.9. The maximum Gasteiger partial charge on any atom is 0.309 e. The average molecular weight is 198 g/mol. The summed E-state index contributed by atoms with van der Waals surface area (Å²) in [5.41, 5.74) is 0. The molecule has 0 aromatic rings. The standard InChI is InChI=1S/C11H18O3/c12-10-6-8-4-2-1-3-7(8)5-9(10)11(13)14/h7-10,12H,1-6H2,(H,13,14)/t7-,8-,9-,10+/m1/s1. The van der Waals surface area contributed by atoms with Gasteiger partial charge in [0.25, 0.3) is 0 Å². The molecule has 2 aliphatic carbocycles. The van der Waals surface area contributed by atoms with Gasteiger partial charge in [0.05, 0.1) is 12.0 Å². The van der Waals surface area contributed by atoms with Crippen LogP contribution in [0.3, 0.4) is 0 Å². The molecule has 0 aliphatic heterocycles. The fraction of sp³-hybridized carbons (Fsp3) is 0.909. The molecule has 0 bridgehead atoms. The van der Waals surface area contributed by atoms with Crippen molar-refractivity contribution in [3.63, 3.8) is 0 Å². The number of aliphatic hydroxyl groups is 1. The Morgan fingerprint density at radius 2 is 1.64 bits per heavy atom. The third-order valence-electron chi connectivity index (χ3n) is 3.95. The van der Waals surface area contributed by atoms with Crippen LogP contribution in [-0.2, 0) is 4.79 Å². The number of carbonyl (C=O) groups is 1. The van der Waals surface area contributed by atoms with Gasteiger partial charge in [-0.1, -0.05) is 25.7 Å². The van der Waals surface area contributed by atoms with Crippen LogP contribution < -0.4 is 0 Å². The summed E-state index contributed by atoms with van der Waals surface area (Å²) < 4.78 is 0. The fourth-order valence-corrected chi connectivity index (χ4v) is 3.13. The van der Waals surface area contributed by atoms with Gasteiger partial charge >= 0.3 is 5.97 Å². The van der Waals surface area contributed by atoms with E-state index in [9.17, 15) is 9.90 Å². The summed E-state index contributed by atoms with van der Waals surface area (Å²) in [6, 6.07) is 0. The highest BCUT2D eigenvalue weighted by Crippen LogP contribution is 2.42.